The molecule has 1 rings (SSSR count). The van der Waals surface area contributed by atoms with Gasteiger partial charge in [-0.05, 0) is 13.0 Å². The van der Waals surface area contributed by atoms with Crippen molar-refractivity contribution in [2.24, 2.45) is 11.7 Å². The van der Waals surface area contributed by atoms with Crippen LogP contribution in [-0.4, -0.2) is 10.5 Å². The molecule has 0 aromatic heterocycles. The molecule has 0 aromatic rings. The predicted molar refractivity (Wildman–Crippen MR) is 53.8 cm³/mol. The molecule has 1 aliphatic rings. The molecule has 0 bridgehead atoms. The van der Waals surface area contributed by atoms with Gasteiger partial charge in [0.25, 0.3) is 5.70 Å². The van der Waals surface area contributed by atoms with Crippen LogP contribution in [0.4, 0.5) is 0 Å². The summed E-state index contributed by atoms with van der Waals surface area (Å²) in [4.78, 5) is 10.2. The van der Waals surface area contributed by atoms with Crippen LogP contribution in [0.1, 0.15) is 13.8 Å². The van der Waals surface area contributed by atoms with Gasteiger partial charge in [0.05, 0.1) is 10.8 Å². The van der Waals surface area contributed by atoms with Crippen molar-refractivity contribution in [1.29, 1.82) is 0 Å². The van der Waals surface area contributed by atoms with E-state index in [0.29, 0.717) is 4.48 Å². The van der Waals surface area contributed by atoms with Crippen LogP contribution in [0.25, 0.3) is 0 Å². The van der Waals surface area contributed by atoms with Crippen molar-refractivity contribution in [3.8, 4) is 0 Å². The first-order valence-electron chi connectivity index (χ1n) is 3.88. The van der Waals surface area contributed by atoms with Crippen molar-refractivity contribution in [2.45, 2.75) is 19.4 Å². The molecule has 72 valence electrons. The third-order valence-corrected chi connectivity index (χ3v) is 2.78. The molecule has 0 heterocycles. The maximum absolute atomic E-state index is 10.6. The average molecular weight is 247 g/mol. The molecule has 0 saturated heterocycles. The number of nitro groups is 1. The number of rotatable bonds is 1. The van der Waals surface area contributed by atoms with Gasteiger partial charge < -0.3 is 5.73 Å². The topological polar surface area (TPSA) is 69.2 Å². The number of hydrogen-bond donors (Lipinski definition) is 1. The molecule has 5 heteroatoms. The van der Waals surface area contributed by atoms with E-state index in [2.05, 4.69) is 15.9 Å². The maximum Gasteiger partial charge on any atom is 0.252 e. The Bertz CT molecular complexity index is 307. The van der Waals surface area contributed by atoms with Gasteiger partial charge in [-0.2, -0.15) is 0 Å². The molecule has 13 heavy (non-hydrogen) atoms. The van der Waals surface area contributed by atoms with E-state index in [0.717, 1.165) is 0 Å². The third kappa shape index (κ3) is 1.97. The molecule has 0 spiro atoms. The highest BCUT2D eigenvalue weighted by Gasteiger charge is 2.37. The average Bonchev–Trinajstić information content (AvgIpc) is 1.95. The summed E-state index contributed by atoms with van der Waals surface area (Å²) in [5.41, 5.74) is 5.38. The summed E-state index contributed by atoms with van der Waals surface area (Å²) in [5.74, 6) is -0.274. The lowest BCUT2D eigenvalue weighted by molar-refractivity contribution is -0.434. The van der Waals surface area contributed by atoms with Crippen LogP contribution in [0.2, 0.25) is 0 Å². The van der Waals surface area contributed by atoms with Crippen molar-refractivity contribution in [1.82, 2.24) is 0 Å². The summed E-state index contributed by atoms with van der Waals surface area (Å²) in [7, 11) is 0. The van der Waals surface area contributed by atoms with E-state index in [-0.39, 0.29) is 16.5 Å². The van der Waals surface area contributed by atoms with Gasteiger partial charge in [-0.25, -0.2) is 0 Å². The number of hydrogen-bond acceptors (Lipinski definition) is 3. The Morgan fingerprint density at radius 2 is 2.31 bits per heavy atom. The number of allylic oxidation sites excluding steroid dienone is 2. The van der Waals surface area contributed by atoms with E-state index in [9.17, 15) is 10.1 Å². The van der Waals surface area contributed by atoms with Crippen LogP contribution >= 0.6 is 15.9 Å². The highest BCUT2D eigenvalue weighted by atomic mass is 79.9. The van der Waals surface area contributed by atoms with E-state index in [1.807, 2.05) is 0 Å². The van der Waals surface area contributed by atoms with Crippen LogP contribution in [0.5, 0.6) is 0 Å². The van der Waals surface area contributed by atoms with Gasteiger partial charge in [-0.3, -0.25) is 10.1 Å². The minimum atomic E-state index is -0.657. The van der Waals surface area contributed by atoms with Crippen molar-refractivity contribution < 1.29 is 4.92 Å². The molecule has 0 fully saturated rings. The van der Waals surface area contributed by atoms with Gasteiger partial charge in [0.1, 0.15) is 0 Å². The molecule has 0 aliphatic heterocycles. The Kier molecular flexibility index (Phi) is 2.58. The summed E-state index contributed by atoms with van der Waals surface area (Å²) in [5, 5.41) is 10.6. The van der Waals surface area contributed by atoms with Crippen molar-refractivity contribution in [3.05, 3.63) is 32.4 Å². The number of nitrogens with two attached hydrogens (primary N) is 1. The molecule has 2 unspecified atom stereocenters. The van der Waals surface area contributed by atoms with Gasteiger partial charge in [-0.15, -0.1) is 0 Å². The molecule has 4 nitrogen and oxygen atoms in total. The molecule has 0 aromatic carbocycles. The van der Waals surface area contributed by atoms with Gasteiger partial charge in [0.2, 0.25) is 0 Å². The molecule has 0 radical (unpaired) electrons. The van der Waals surface area contributed by atoms with E-state index in [4.69, 9.17) is 5.73 Å². The summed E-state index contributed by atoms with van der Waals surface area (Å²) in [6.45, 7) is 3.53. The first-order valence-corrected chi connectivity index (χ1v) is 4.67. The van der Waals surface area contributed by atoms with Gasteiger partial charge in [-0.1, -0.05) is 22.9 Å². The molecular formula is C8H11BrN2O2. The molecule has 0 amide bonds. The minimum Gasteiger partial charge on any atom is -0.321 e. The molecular weight excluding hydrogens is 236 g/mol. The van der Waals surface area contributed by atoms with Gasteiger partial charge >= 0.3 is 0 Å². The van der Waals surface area contributed by atoms with Crippen LogP contribution in [0.15, 0.2) is 22.3 Å². The van der Waals surface area contributed by atoms with Crippen molar-refractivity contribution >= 4 is 15.9 Å². The van der Waals surface area contributed by atoms with Crippen LogP contribution in [-0.2, 0) is 0 Å². The normalized spacial score (nSPS) is 33.7. The Morgan fingerprint density at radius 3 is 2.77 bits per heavy atom. The zero-order valence-electron chi connectivity index (χ0n) is 7.45. The fourth-order valence-electron chi connectivity index (χ4n) is 1.26. The summed E-state index contributed by atoms with van der Waals surface area (Å²) in [6, 6.07) is 0. The summed E-state index contributed by atoms with van der Waals surface area (Å²) in [6.07, 6.45) is 3.28. The van der Waals surface area contributed by atoms with Crippen molar-refractivity contribution in [3.63, 3.8) is 0 Å². The zero-order chi connectivity index (χ0) is 10.2. The Balaban J connectivity index is 3.12. The fraction of sp³-hybridized carbons (Fsp3) is 0.500. The van der Waals surface area contributed by atoms with Gasteiger partial charge in [0, 0.05) is 16.1 Å². The number of halogens is 1. The van der Waals surface area contributed by atoms with Crippen LogP contribution in [0, 0.1) is 16.0 Å². The largest absolute Gasteiger partial charge is 0.321 e. The van der Waals surface area contributed by atoms with Gasteiger partial charge in [0.15, 0.2) is 0 Å². The maximum atomic E-state index is 10.6. The Morgan fingerprint density at radius 1 is 1.77 bits per heavy atom. The minimum absolute atomic E-state index is 0.152. The molecule has 2 atom stereocenters. The Hall–Kier alpha value is -0.680. The van der Waals surface area contributed by atoms with Crippen LogP contribution < -0.4 is 5.73 Å². The SMILES string of the molecule is CC1C([N+](=O)[O-])=CC(Br)=CC1(C)N. The smallest absolute Gasteiger partial charge is 0.252 e. The molecule has 0 saturated carbocycles. The second-order valence-corrected chi connectivity index (χ2v) is 4.36. The van der Waals surface area contributed by atoms with E-state index in [1.54, 1.807) is 19.9 Å². The second-order valence-electron chi connectivity index (χ2n) is 3.44. The quantitative estimate of drug-likeness (QED) is 0.567. The van der Waals surface area contributed by atoms with E-state index < -0.39 is 5.54 Å². The zero-order valence-corrected chi connectivity index (χ0v) is 9.04. The highest BCUT2D eigenvalue weighted by Crippen LogP contribution is 2.32. The van der Waals surface area contributed by atoms with Crippen molar-refractivity contribution in [2.75, 3.05) is 0 Å². The summed E-state index contributed by atoms with van der Waals surface area (Å²) < 4.78 is 0.669. The Labute approximate surface area is 84.8 Å². The fourth-order valence-corrected chi connectivity index (χ4v) is 1.99. The summed E-state index contributed by atoms with van der Waals surface area (Å²) >= 11 is 3.20. The third-order valence-electron chi connectivity index (χ3n) is 2.32. The van der Waals surface area contributed by atoms with E-state index >= 15 is 0 Å². The molecule has 2 N–H and O–H groups in total. The monoisotopic (exact) mass is 246 g/mol. The number of nitrogens with zero attached hydrogens (tertiary/aromatic N) is 1. The van der Waals surface area contributed by atoms with Crippen LogP contribution in [0.3, 0.4) is 0 Å². The lowest BCUT2D eigenvalue weighted by atomic mass is 9.82. The lowest BCUT2D eigenvalue weighted by Gasteiger charge is -2.29. The first-order chi connectivity index (χ1) is 5.84. The lowest BCUT2D eigenvalue weighted by Crippen LogP contribution is -2.44. The molecule has 1 aliphatic carbocycles. The first kappa shape index (κ1) is 10.4. The highest BCUT2D eigenvalue weighted by molar-refractivity contribution is 9.11. The second kappa shape index (κ2) is 3.23. The predicted octanol–water partition coefficient (Wildman–Crippen LogP) is 1.79. The van der Waals surface area contributed by atoms with E-state index in [1.165, 1.54) is 6.08 Å². The standard InChI is InChI=1S/C8H11BrN2O2/c1-5-7(11(12)13)3-6(9)4-8(5,2)10/h3-5H,10H2,1-2H3.